The van der Waals surface area contributed by atoms with Gasteiger partial charge in [-0.05, 0) is 31.2 Å². The van der Waals surface area contributed by atoms with Crippen molar-refractivity contribution < 1.29 is 15.0 Å². The lowest BCUT2D eigenvalue weighted by atomic mass is 10.00. The third-order valence-corrected chi connectivity index (χ3v) is 2.79. The Labute approximate surface area is 105 Å². The normalized spacial score (nSPS) is 10.3. The topological polar surface area (TPSA) is 57.5 Å². The van der Waals surface area contributed by atoms with Gasteiger partial charge in [-0.25, -0.2) is 0 Å². The van der Waals surface area contributed by atoms with Gasteiger partial charge in [0.25, 0.3) is 0 Å². The Kier molecular flexibility index (Phi) is 3.44. The molecule has 0 saturated heterocycles. The summed E-state index contributed by atoms with van der Waals surface area (Å²) in [5, 5.41) is 18.5. The van der Waals surface area contributed by atoms with Gasteiger partial charge in [0, 0.05) is 16.7 Å². The SMILES string of the molecule is Cc1cccc(C(=O)c2ccc(O)c(CO)c2)c1. The molecule has 2 aromatic carbocycles. The number of hydrogen-bond donors (Lipinski definition) is 2. The van der Waals surface area contributed by atoms with Gasteiger partial charge in [-0.3, -0.25) is 4.79 Å². The number of aryl methyl sites for hydroxylation is 1. The van der Waals surface area contributed by atoms with Gasteiger partial charge in [0.15, 0.2) is 5.78 Å². The second kappa shape index (κ2) is 5.02. The quantitative estimate of drug-likeness (QED) is 0.813. The van der Waals surface area contributed by atoms with E-state index in [2.05, 4.69) is 0 Å². The molecule has 0 aliphatic carbocycles. The standard InChI is InChI=1S/C15H14O3/c1-10-3-2-4-11(7-10)15(18)12-5-6-14(17)13(8-12)9-16/h2-8,16-17H,9H2,1H3. The van der Waals surface area contributed by atoms with Gasteiger partial charge in [-0.15, -0.1) is 0 Å². The Morgan fingerprint density at radius 3 is 2.50 bits per heavy atom. The van der Waals surface area contributed by atoms with Crippen molar-refractivity contribution in [1.29, 1.82) is 0 Å². The molecule has 0 aliphatic rings. The van der Waals surface area contributed by atoms with Crippen LogP contribution < -0.4 is 0 Å². The van der Waals surface area contributed by atoms with Crippen LogP contribution >= 0.6 is 0 Å². The van der Waals surface area contributed by atoms with Crippen molar-refractivity contribution in [3.8, 4) is 5.75 Å². The first-order valence-electron chi connectivity index (χ1n) is 5.66. The first kappa shape index (κ1) is 12.3. The molecular weight excluding hydrogens is 228 g/mol. The van der Waals surface area contributed by atoms with Gasteiger partial charge in [-0.2, -0.15) is 0 Å². The molecule has 3 heteroatoms. The highest BCUT2D eigenvalue weighted by Gasteiger charge is 2.11. The van der Waals surface area contributed by atoms with Crippen LogP contribution in [-0.2, 0) is 6.61 Å². The fourth-order valence-corrected chi connectivity index (χ4v) is 1.81. The molecule has 18 heavy (non-hydrogen) atoms. The van der Waals surface area contributed by atoms with Crippen molar-refractivity contribution in [3.63, 3.8) is 0 Å². The van der Waals surface area contributed by atoms with Crippen molar-refractivity contribution in [3.05, 3.63) is 64.7 Å². The molecule has 0 spiro atoms. The van der Waals surface area contributed by atoms with Crippen LogP contribution in [-0.4, -0.2) is 16.0 Å². The third kappa shape index (κ3) is 2.41. The predicted octanol–water partition coefficient (Wildman–Crippen LogP) is 2.42. The van der Waals surface area contributed by atoms with Gasteiger partial charge < -0.3 is 10.2 Å². The summed E-state index contributed by atoms with van der Waals surface area (Å²) in [6, 6.07) is 11.8. The lowest BCUT2D eigenvalue weighted by molar-refractivity contribution is 0.103. The number of aliphatic hydroxyl groups excluding tert-OH is 1. The number of phenols is 1. The zero-order valence-electron chi connectivity index (χ0n) is 10.1. The molecule has 2 N–H and O–H groups in total. The Balaban J connectivity index is 2.40. The van der Waals surface area contributed by atoms with Gasteiger partial charge in [0.2, 0.25) is 0 Å². The van der Waals surface area contributed by atoms with Crippen LogP contribution in [0.5, 0.6) is 5.75 Å². The molecule has 0 unspecified atom stereocenters. The van der Waals surface area contributed by atoms with E-state index in [0.29, 0.717) is 16.7 Å². The smallest absolute Gasteiger partial charge is 0.193 e. The number of ketones is 1. The number of rotatable bonds is 3. The molecule has 0 heterocycles. The Bertz CT molecular complexity index is 588. The number of carbonyl (C=O) groups is 1. The number of aromatic hydroxyl groups is 1. The van der Waals surface area contributed by atoms with Crippen molar-refractivity contribution in [1.82, 2.24) is 0 Å². The van der Waals surface area contributed by atoms with Gasteiger partial charge >= 0.3 is 0 Å². The van der Waals surface area contributed by atoms with Crippen LogP contribution in [0, 0.1) is 6.92 Å². The highest BCUT2D eigenvalue weighted by molar-refractivity contribution is 6.09. The van der Waals surface area contributed by atoms with Crippen LogP contribution in [0.4, 0.5) is 0 Å². The van der Waals surface area contributed by atoms with E-state index in [1.54, 1.807) is 12.1 Å². The van der Waals surface area contributed by atoms with E-state index in [1.807, 2.05) is 25.1 Å². The van der Waals surface area contributed by atoms with Gasteiger partial charge in [0.05, 0.1) is 6.61 Å². The third-order valence-electron chi connectivity index (χ3n) is 2.79. The van der Waals surface area contributed by atoms with E-state index >= 15 is 0 Å². The van der Waals surface area contributed by atoms with Gasteiger partial charge in [-0.1, -0.05) is 23.8 Å². The predicted molar refractivity (Wildman–Crippen MR) is 68.6 cm³/mol. The maximum Gasteiger partial charge on any atom is 0.193 e. The van der Waals surface area contributed by atoms with E-state index in [0.717, 1.165) is 5.56 Å². The average Bonchev–Trinajstić information content (AvgIpc) is 2.38. The van der Waals surface area contributed by atoms with Crippen LogP contribution in [0.2, 0.25) is 0 Å². The van der Waals surface area contributed by atoms with Crippen molar-refractivity contribution in [2.24, 2.45) is 0 Å². The maximum absolute atomic E-state index is 12.2. The minimum Gasteiger partial charge on any atom is -0.508 e. The first-order valence-corrected chi connectivity index (χ1v) is 5.66. The van der Waals surface area contributed by atoms with Crippen molar-refractivity contribution >= 4 is 5.78 Å². The van der Waals surface area contributed by atoms with Crippen LogP contribution in [0.3, 0.4) is 0 Å². The summed E-state index contributed by atoms with van der Waals surface area (Å²) in [7, 11) is 0. The summed E-state index contributed by atoms with van der Waals surface area (Å²) in [5.41, 5.74) is 2.43. The Morgan fingerprint density at radius 2 is 1.83 bits per heavy atom. The number of aliphatic hydroxyl groups is 1. The fraction of sp³-hybridized carbons (Fsp3) is 0.133. The van der Waals surface area contributed by atoms with Gasteiger partial charge in [0.1, 0.15) is 5.75 Å². The molecule has 0 bridgehead atoms. The zero-order chi connectivity index (χ0) is 13.1. The number of hydrogen-bond acceptors (Lipinski definition) is 3. The summed E-state index contributed by atoms with van der Waals surface area (Å²) in [5.74, 6) is -0.119. The molecule has 3 nitrogen and oxygen atoms in total. The maximum atomic E-state index is 12.2. The second-order valence-corrected chi connectivity index (χ2v) is 4.20. The molecule has 0 aromatic heterocycles. The van der Waals surface area contributed by atoms with E-state index < -0.39 is 0 Å². The molecule has 2 aromatic rings. The van der Waals surface area contributed by atoms with Crippen LogP contribution in [0.15, 0.2) is 42.5 Å². The summed E-state index contributed by atoms with van der Waals surface area (Å²) >= 11 is 0. The minimum absolute atomic E-state index is 0.00158. The molecule has 92 valence electrons. The highest BCUT2D eigenvalue weighted by Crippen LogP contribution is 2.20. The molecule has 0 saturated carbocycles. The lowest BCUT2D eigenvalue weighted by Crippen LogP contribution is -2.02. The van der Waals surface area contributed by atoms with E-state index in [1.165, 1.54) is 12.1 Å². The minimum atomic E-state index is -0.291. The molecule has 0 radical (unpaired) electrons. The lowest BCUT2D eigenvalue weighted by Gasteiger charge is -2.06. The molecule has 0 atom stereocenters. The summed E-state index contributed by atoms with van der Waals surface area (Å²) in [4.78, 5) is 12.2. The first-order chi connectivity index (χ1) is 8.61. The summed E-state index contributed by atoms with van der Waals surface area (Å²) in [6.45, 7) is 1.63. The van der Waals surface area contributed by atoms with Crippen molar-refractivity contribution in [2.75, 3.05) is 0 Å². The summed E-state index contributed by atoms with van der Waals surface area (Å²) < 4.78 is 0. The number of benzene rings is 2. The second-order valence-electron chi connectivity index (χ2n) is 4.20. The summed E-state index contributed by atoms with van der Waals surface area (Å²) in [6.07, 6.45) is 0. The molecule has 2 rings (SSSR count). The van der Waals surface area contributed by atoms with E-state index in [4.69, 9.17) is 5.11 Å². The largest absolute Gasteiger partial charge is 0.508 e. The molecule has 0 fully saturated rings. The Morgan fingerprint density at radius 1 is 1.11 bits per heavy atom. The van der Waals surface area contributed by atoms with Crippen molar-refractivity contribution in [2.45, 2.75) is 13.5 Å². The zero-order valence-corrected chi connectivity index (χ0v) is 10.1. The fourth-order valence-electron chi connectivity index (χ4n) is 1.81. The van der Waals surface area contributed by atoms with Crippen LogP contribution in [0.25, 0.3) is 0 Å². The molecule has 0 aliphatic heterocycles. The van der Waals surface area contributed by atoms with Crippen LogP contribution in [0.1, 0.15) is 27.0 Å². The molecular formula is C15H14O3. The molecule has 0 amide bonds. The van der Waals surface area contributed by atoms with E-state index in [-0.39, 0.29) is 18.1 Å². The van der Waals surface area contributed by atoms with E-state index in [9.17, 15) is 9.90 Å². The average molecular weight is 242 g/mol. The number of carbonyl (C=O) groups excluding carboxylic acids is 1. The highest BCUT2D eigenvalue weighted by atomic mass is 16.3. The monoisotopic (exact) mass is 242 g/mol. The Hall–Kier alpha value is -2.13.